The first-order valence-electron chi connectivity index (χ1n) is 15.6. The van der Waals surface area contributed by atoms with Crippen LogP contribution in [0.25, 0.3) is 0 Å². The molecule has 0 aromatic heterocycles. The summed E-state index contributed by atoms with van der Waals surface area (Å²) in [6.07, 6.45) is 4.48. The van der Waals surface area contributed by atoms with Crippen molar-refractivity contribution in [1.29, 1.82) is 0 Å². The summed E-state index contributed by atoms with van der Waals surface area (Å²) < 4.78 is 2.15. The summed E-state index contributed by atoms with van der Waals surface area (Å²) in [6, 6.07) is 35.7. The average Bonchev–Trinajstić information content (AvgIpc) is 2.99. The highest BCUT2D eigenvalue weighted by Crippen LogP contribution is 2.43. The van der Waals surface area contributed by atoms with Gasteiger partial charge in [-0.2, -0.15) is 0 Å². The van der Waals surface area contributed by atoms with E-state index in [0.29, 0.717) is 0 Å². The van der Waals surface area contributed by atoms with Gasteiger partial charge in [-0.05, 0) is 147 Å². The van der Waals surface area contributed by atoms with Gasteiger partial charge in [-0.25, -0.2) is 0 Å². The third-order valence-corrected chi connectivity index (χ3v) is 9.22. The summed E-state index contributed by atoms with van der Waals surface area (Å²) >= 11 is 7.27. The molecule has 4 heteroatoms. The van der Waals surface area contributed by atoms with E-state index >= 15 is 0 Å². The second-order valence-corrected chi connectivity index (χ2v) is 13.6. The Kier molecular flexibility index (Phi) is 10.3. The van der Waals surface area contributed by atoms with Crippen molar-refractivity contribution >= 4 is 66.0 Å². The van der Waals surface area contributed by atoms with Gasteiger partial charge in [0.05, 0.1) is 11.4 Å². The smallest absolute Gasteiger partial charge is 0.0520 e. The van der Waals surface area contributed by atoms with Crippen molar-refractivity contribution in [2.24, 2.45) is 0 Å². The highest BCUT2D eigenvalue weighted by atomic mass is 79.9. The molecular weight excluding hydrogens is 668 g/mol. The Morgan fingerprint density at radius 1 is 0.432 bits per heavy atom. The molecule has 2 nitrogen and oxygen atoms in total. The Labute approximate surface area is 281 Å². The van der Waals surface area contributed by atoms with Crippen molar-refractivity contribution in [1.82, 2.24) is 0 Å². The zero-order valence-corrected chi connectivity index (χ0v) is 29.9. The van der Waals surface area contributed by atoms with Gasteiger partial charge in [0.2, 0.25) is 0 Å². The summed E-state index contributed by atoms with van der Waals surface area (Å²) in [7, 11) is 0. The second kappa shape index (κ2) is 14.2. The van der Waals surface area contributed by atoms with Crippen LogP contribution in [-0.2, 0) is 12.8 Å². The van der Waals surface area contributed by atoms with Crippen LogP contribution < -0.4 is 9.80 Å². The average molecular weight is 711 g/mol. The number of hydrogen-bond acceptors (Lipinski definition) is 2. The van der Waals surface area contributed by atoms with Crippen molar-refractivity contribution in [3.8, 4) is 0 Å². The van der Waals surface area contributed by atoms with E-state index in [0.717, 1.165) is 57.4 Å². The number of anilines is 6. The largest absolute Gasteiger partial charge is 0.310 e. The molecule has 44 heavy (non-hydrogen) atoms. The lowest BCUT2D eigenvalue weighted by Crippen LogP contribution is -2.15. The van der Waals surface area contributed by atoms with Crippen LogP contribution in [0.3, 0.4) is 0 Å². The van der Waals surface area contributed by atoms with Crippen molar-refractivity contribution in [2.45, 2.75) is 67.2 Å². The highest BCUT2D eigenvalue weighted by molar-refractivity contribution is 9.10. The molecule has 0 unspecified atom stereocenters. The summed E-state index contributed by atoms with van der Waals surface area (Å²) in [5.41, 5.74) is 15.0. The van der Waals surface area contributed by atoms with Crippen molar-refractivity contribution in [3.05, 3.63) is 139 Å². The standard InChI is InChI=1S/C40H42Br2N2/c1-7-9-31-23-27(3)39(28(4)24-31)43(35-15-11-33(41)12-16-35)37-19-21-38(22-20-37)44(36-17-13-34(42)14-18-36)40-29(5)25-32(10-8-2)26-30(40)6/h11-26H,7-10H2,1-6H3. The Morgan fingerprint density at radius 3 is 0.932 bits per heavy atom. The van der Waals surface area contributed by atoms with Crippen molar-refractivity contribution < 1.29 is 0 Å². The molecule has 0 fully saturated rings. The fourth-order valence-corrected chi connectivity index (χ4v) is 6.94. The topological polar surface area (TPSA) is 6.48 Å². The lowest BCUT2D eigenvalue weighted by atomic mass is 9.99. The summed E-state index contributed by atoms with van der Waals surface area (Å²) in [5, 5.41) is 0. The number of nitrogens with zero attached hydrogens (tertiary/aromatic N) is 2. The number of halogens is 2. The number of rotatable bonds is 10. The second-order valence-electron chi connectivity index (χ2n) is 11.8. The molecule has 0 atom stereocenters. The van der Waals surface area contributed by atoms with Crippen LogP contribution in [0.1, 0.15) is 60.1 Å². The van der Waals surface area contributed by atoms with Gasteiger partial charge in [0.15, 0.2) is 0 Å². The maximum absolute atomic E-state index is 3.63. The molecule has 0 heterocycles. The van der Waals surface area contributed by atoms with Crippen LogP contribution in [-0.4, -0.2) is 0 Å². The normalized spacial score (nSPS) is 11.1. The van der Waals surface area contributed by atoms with Crippen LogP contribution in [0.4, 0.5) is 34.1 Å². The molecule has 0 bridgehead atoms. The molecule has 0 saturated heterocycles. The minimum absolute atomic E-state index is 1.07. The molecule has 5 aromatic rings. The Bertz CT molecular complexity index is 1550. The third-order valence-electron chi connectivity index (χ3n) is 8.16. The molecule has 0 aliphatic carbocycles. The van der Waals surface area contributed by atoms with Crippen LogP contribution in [0.5, 0.6) is 0 Å². The SMILES string of the molecule is CCCc1cc(C)c(N(c2ccc(Br)cc2)c2ccc(N(c3ccc(Br)cc3)c3c(C)cc(CCC)cc3C)cc2)c(C)c1. The van der Waals surface area contributed by atoms with Crippen LogP contribution >= 0.6 is 31.9 Å². The number of hydrogen-bond donors (Lipinski definition) is 0. The minimum atomic E-state index is 1.07. The number of benzene rings is 5. The molecule has 0 N–H and O–H groups in total. The summed E-state index contributed by atoms with van der Waals surface area (Å²) in [6.45, 7) is 13.5. The first kappa shape index (κ1) is 32.1. The van der Waals surface area contributed by atoms with E-state index in [1.54, 1.807) is 0 Å². The predicted molar refractivity (Wildman–Crippen MR) is 198 cm³/mol. The minimum Gasteiger partial charge on any atom is -0.310 e. The van der Waals surface area contributed by atoms with E-state index in [-0.39, 0.29) is 0 Å². The van der Waals surface area contributed by atoms with Gasteiger partial charge in [0, 0.05) is 31.7 Å². The van der Waals surface area contributed by atoms with Crippen LogP contribution in [0, 0.1) is 27.7 Å². The molecule has 0 aliphatic rings. The van der Waals surface area contributed by atoms with E-state index in [1.807, 2.05) is 0 Å². The van der Waals surface area contributed by atoms with E-state index in [4.69, 9.17) is 0 Å². The highest BCUT2D eigenvalue weighted by Gasteiger charge is 2.21. The number of aryl methyl sites for hydroxylation is 6. The third kappa shape index (κ3) is 6.98. The van der Waals surface area contributed by atoms with E-state index < -0.39 is 0 Å². The van der Waals surface area contributed by atoms with Gasteiger partial charge < -0.3 is 9.80 Å². The maximum Gasteiger partial charge on any atom is 0.0520 e. The van der Waals surface area contributed by atoms with Gasteiger partial charge in [-0.15, -0.1) is 0 Å². The van der Waals surface area contributed by atoms with E-state index in [2.05, 4.69) is 180 Å². The van der Waals surface area contributed by atoms with Crippen molar-refractivity contribution in [2.75, 3.05) is 9.80 Å². The fraction of sp³-hybridized carbons (Fsp3) is 0.250. The Hall–Kier alpha value is -3.34. The molecule has 0 saturated carbocycles. The van der Waals surface area contributed by atoms with Crippen LogP contribution in [0.2, 0.25) is 0 Å². The van der Waals surface area contributed by atoms with Gasteiger partial charge in [0.25, 0.3) is 0 Å². The van der Waals surface area contributed by atoms with Crippen LogP contribution in [0.15, 0.2) is 106 Å². The molecule has 0 amide bonds. The quantitative estimate of drug-likeness (QED) is 0.142. The molecule has 0 spiro atoms. The maximum atomic E-state index is 3.63. The summed E-state index contributed by atoms with van der Waals surface area (Å²) in [5.74, 6) is 0. The van der Waals surface area contributed by atoms with Crippen molar-refractivity contribution in [3.63, 3.8) is 0 Å². The predicted octanol–water partition coefficient (Wildman–Crippen LogP) is 13.3. The summed E-state index contributed by atoms with van der Waals surface area (Å²) in [4.78, 5) is 4.80. The molecule has 0 aliphatic heterocycles. The van der Waals surface area contributed by atoms with Gasteiger partial charge >= 0.3 is 0 Å². The molecule has 5 aromatic carbocycles. The molecule has 226 valence electrons. The van der Waals surface area contributed by atoms with Gasteiger partial charge in [0.1, 0.15) is 0 Å². The van der Waals surface area contributed by atoms with Gasteiger partial charge in [-0.1, -0.05) is 82.8 Å². The first-order chi connectivity index (χ1) is 21.2. The lowest BCUT2D eigenvalue weighted by molar-refractivity contribution is 0.917. The molecule has 5 rings (SSSR count). The zero-order chi connectivity index (χ0) is 31.4. The van der Waals surface area contributed by atoms with Gasteiger partial charge in [-0.3, -0.25) is 0 Å². The monoisotopic (exact) mass is 708 g/mol. The zero-order valence-electron chi connectivity index (χ0n) is 26.7. The lowest BCUT2D eigenvalue weighted by Gasteiger charge is -2.31. The Morgan fingerprint density at radius 2 is 0.682 bits per heavy atom. The first-order valence-corrected chi connectivity index (χ1v) is 17.2. The fourth-order valence-electron chi connectivity index (χ4n) is 6.41. The van der Waals surface area contributed by atoms with E-state index in [1.165, 1.54) is 44.8 Å². The Balaban J connectivity index is 1.64. The molecule has 0 radical (unpaired) electrons. The molecular formula is C40H42Br2N2. The van der Waals surface area contributed by atoms with E-state index in [9.17, 15) is 0 Å².